The van der Waals surface area contributed by atoms with Gasteiger partial charge in [0.2, 0.25) is 0 Å². The van der Waals surface area contributed by atoms with E-state index >= 15 is 0 Å². The van der Waals surface area contributed by atoms with Crippen LogP contribution in [0.1, 0.15) is 31.8 Å². The molecule has 2 nitrogen and oxygen atoms in total. The maximum Gasteiger partial charge on any atom is 0.252 e. The van der Waals surface area contributed by atoms with Crippen LogP contribution in [0.2, 0.25) is 0 Å². The van der Waals surface area contributed by atoms with E-state index in [0.29, 0.717) is 22.3 Å². The quantitative estimate of drug-likeness (QED) is 0.620. The molecule has 2 rings (SSSR count). The van der Waals surface area contributed by atoms with Crippen molar-refractivity contribution < 1.29 is 9.59 Å². The Balaban J connectivity index is 2.18. The van der Waals surface area contributed by atoms with Crippen molar-refractivity contribution in [3.8, 4) is 23.7 Å². The van der Waals surface area contributed by atoms with E-state index in [9.17, 15) is 9.59 Å². The maximum atomic E-state index is 11.1. The van der Waals surface area contributed by atoms with Crippen LogP contribution in [0.5, 0.6) is 0 Å². The highest BCUT2D eigenvalue weighted by Gasteiger charge is 2.01. The van der Waals surface area contributed by atoms with E-state index in [1.54, 1.807) is 48.5 Å². The molecule has 0 aliphatic carbocycles. The van der Waals surface area contributed by atoms with Crippen LogP contribution in [-0.2, 0) is 0 Å². The summed E-state index contributed by atoms with van der Waals surface area (Å²) in [6.45, 7) is 0. The molecule has 0 saturated carbocycles. The van der Waals surface area contributed by atoms with Gasteiger partial charge in [-0.2, -0.15) is 0 Å². The van der Waals surface area contributed by atoms with Crippen molar-refractivity contribution in [2.75, 3.05) is 0 Å². The molecular weight excluding hydrogens is 319 g/mol. The highest BCUT2D eigenvalue weighted by atomic mass is 35.5. The van der Waals surface area contributed by atoms with Gasteiger partial charge in [0.25, 0.3) is 10.5 Å². The number of halogens is 2. The molecule has 0 atom stereocenters. The summed E-state index contributed by atoms with van der Waals surface area (Å²) in [6, 6.07) is 13.3. The van der Waals surface area contributed by atoms with Crippen LogP contribution in [-0.4, -0.2) is 10.5 Å². The highest BCUT2D eigenvalue weighted by Crippen LogP contribution is 2.07. The molecule has 0 unspecified atom stereocenters. The fraction of sp³-hybridized carbons (Fsp3) is 0. The Kier molecular flexibility index (Phi) is 5.39. The van der Waals surface area contributed by atoms with Gasteiger partial charge in [0.05, 0.1) is 0 Å². The molecule has 2 aromatic rings. The third-order valence-electron chi connectivity index (χ3n) is 2.66. The second-order valence-electron chi connectivity index (χ2n) is 4.21. The molecule has 0 N–H and O–H groups in total. The first-order chi connectivity index (χ1) is 10.6. The number of hydrogen-bond donors (Lipinski definition) is 0. The van der Waals surface area contributed by atoms with Crippen molar-refractivity contribution in [2.45, 2.75) is 0 Å². The predicted molar refractivity (Wildman–Crippen MR) is 87.0 cm³/mol. The fourth-order valence-electron chi connectivity index (χ4n) is 1.65. The standard InChI is InChI=1S/C18H8Cl2O2/c19-17(21)15-9-3-7-13(11-15)5-1-2-6-14-8-4-10-16(12-14)18(20)22/h3-4,7-12H. The second kappa shape index (κ2) is 7.48. The van der Waals surface area contributed by atoms with Crippen molar-refractivity contribution in [2.24, 2.45) is 0 Å². The second-order valence-corrected chi connectivity index (χ2v) is 4.90. The van der Waals surface area contributed by atoms with Gasteiger partial charge in [-0.15, -0.1) is 0 Å². The van der Waals surface area contributed by atoms with E-state index in [4.69, 9.17) is 23.2 Å². The van der Waals surface area contributed by atoms with Gasteiger partial charge in [0.1, 0.15) is 0 Å². The van der Waals surface area contributed by atoms with Crippen molar-refractivity contribution in [1.82, 2.24) is 0 Å². The van der Waals surface area contributed by atoms with Crippen LogP contribution < -0.4 is 0 Å². The van der Waals surface area contributed by atoms with Crippen molar-refractivity contribution in [1.29, 1.82) is 0 Å². The van der Waals surface area contributed by atoms with E-state index in [1.165, 1.54) is 0 Å². The van der Waals surface area contributed by atoms with Gasteiger partial charge in [0.15, 0.2) is 0 Å². The topological polar surface area (TPSA) is 34.1 Å². The minimum Gasteiger partial charge on any atom is -0.276 e. The lowest BCUT2D eigenvalue weighted by Crippen LogP contribution is -1.88. The first-order valence-electron chi connectivity index (χ1n) is 6.18. The third-order valence-corrected chi connectivity index (χ3v) is 3.09. The van der Waals surface area contributed by atoms with E-state index in [2.05, 4.69) is 23.7 Å². The van der Waals surface area contributed by atoms with Crippen LogP contribution in [0.3, 0.4) is 0 Å². The maximum absolute atomic E-state index is 11.1. The van der Waals surface area contributed by atoms with Crippen molar-refractivity contribution in [3.05, 3.63) is 70.8 Å². The predicted octanol–water partition coefficient (Wildman–Crippen LogP) is 3.85. The Morgan fingerprint density at radius 2 is 1.14 bits per heavy atom. The number of rotatable bonds is 2. The zero-order valence-electron chi connectivity index (χ0n) is 11.2. The normalized spacial score (nSPS) is 9.00. The number of hydrogen-bond acceptors (Lipinski definition) is 2. The minimum atomic E-state index is -0.530. The van der Waals surface area contributed by atoms with E-state index < -0.39 is 10.5 Å². The van der Waals surface area contributed by atoms with Crippen LogP contribution in [0.15, 0.2) is 48.5 Å². The zero-order valence-corrected chi connectivity index (χ0v) is 12.7. The smallest absolute Gasteiger partial charge is 0.252 e. The summed E-state index contributed by atoms with van der Waals surface area (Å²) < 4.78 is 0. The van der Waals surface area contributed by atoms with Crippen LogP contribution in [0.25, 0.3) is 0 Å². The van der Waals surface area contributed by atoms with Gasteiger partial charge >= 0.3 is 0 Å². The Labute approximate surface area is 138 Å². The van der Waals surface area contributed by atoms with Crippen LogP contribution in [0.4, 0.5) is 0 Å². The summed E-state index contributed by atoms with van der Waals surface area (Å²) in [5.74, 6) is 11.0. The van der Waals surface area contributed by atoms with Crippen molar-refractivity contribution >= 4 is 33.7 Å². The molecule has 106 valence electrons. The average molecular weight is 327 g/mol. The molecule has 0 amide bonds. The molecule has 0 radical (unpaired) electrons. The molecule has 0 aromatic heterocycles. The zero-order chi connectivity index (χ0) is 15.9. The Bertz CT molecular complexity index is 788. The average Bonchev–Trinajstić information content (AvgIpc) is 2.52. The summed E-state index contributed by atoms with van der Waals surface area (Å²) >= 11 is 10.8. The first-order valence-corrected chi connectivity index (χ1v) is 6.93. The number of carbonyl (C=O) groups is 2. The molecular formula is C18H8Cl2O2. The molecule has 0 fully saturated rings. The SMILES string of the molecule is O=C(Cl)c1cccc(C#CC#Cc2cccc(C(=O)Cl)c2)c1. The van der Waals surface area contributed by atoms with Gasteiger partial charge in [-0.1, -0.05) is 36.1 Å². The third kappa shape index (κ3) is 4.50. The lowest BCUT2D eigenvalue weighted by Gasteiger charge is -1.93. The van der Waals surface area contributed by atoms with Crippen molar-refractivity contribution in [3.63, 3.8) is 0 Å². The molecule has 4 heteroatoms. The van der Waals surface area contributed by atoms with Crippen LogP contribution in [0, 0.1) is 23.7 Å². The summed E-state index contributed by atoms with van der Waals surface area (Å²) in [6.07, 6.45) is 0. The summed E-state index contributed by atoms with van der Waals surface area (Å²) in [5.41, 5.74) is 2.06. The lowest BCUT2D eigenvalue weighted by molar-refractivity contribution is 0.107. The summed E-state index contributed by atoms with van der Waals surface area (Å²) in [4.78, 5) is 22.1. The molecule has 0 heterocycles. The van der Waals surface area contributed by atoms with E-state index in [-0.39, 0.29) is 0 Å². The van der Waals surface area contributed by atoms with Gasteiger partial charge < -0.3 is 0 Å². The van der Waals surface area contributed by atoms with E-state index in [1.807, 2.05) is 0 Å². The van der Waals surface area contributed by atoms with Gasteiger partial charge in [-0.05, 0) is 59.3 Å². The summed E-state index contributed by atoms with van der Waals surface area (Å²) in [5, 5.41) is -1.06. The van der Waals surface area contributed by atoms with Gasteiger partial charge in [-0.3, -0.25) is 9.59 Å². The fourth-order valence-corrected chi connectivity index (χ4v) is 1.88. The molecule has 0 aliphatic rings. The molecule has 0 saturated heterocycles. The van der Waals surface area contributed by atoms with Gasteiger partial charge in [-0.25, -0.2) is 0 Å². The molecule has 22 heavy (non-hydrogen) atoms. The monoisotopic (exact) mass is 326 g/mol. The molecule has 0 spiro atoms. The number of benzene rings is 2. The minimum absolute atomic E-state index is 0.384. The Hall–Kier alpha value is -2.52. The van der Waals surface area contributed by atoms with Crippen LogP contribution >= 0.6 is 23.2 Å². The Morgan fingerprint density at radius 3 is 1.50 bits per heavy atom. The first kappa shape index (κ1) is 15.9. The largest absolute Gasteiger partial charge is 0.276 e. The van der Waals surface area contributed by atoms with E-state index in [0.717, 1.165) is 0 Å². The lowest BCUT2D eigenvalue weighted by atomic mass is 10.1. The molecule has 0 bridgehead atoms. The number of carbonyl (C=O) groups excluding carboxylic acids is 2. The molecule has 0 aliphatic heterocycles. The Morgan fingerprint density at radius 1 is 0.727 bits per heavy atom. The van der Waals surface area contributed by atoms with Gasteiger partial charge in [0, 0.05) is 22.3 Å². The highest BCUT2D eigenvalue weighted by molar-refractivity contribution is 6.68. The summed E-state index contributed by atoms with van der Waals surface area (Å²) in [7, 11) is 0. The molecule has 2 aromatic carbocycles.